The summed E-state index contributed by atoms with van der Waals surface area (Å²) in [4.78, 5) is 46.0. The molecule has 7 nitrogen and oxygen atoms in total. The van der Waals surface area contributed by atoms with Gasteiger partial charge in [-0.25, -0.2) is 9.78 Å². The zero-order valence-electron chi connectivity index (χ0n) is 19.1. The van der Waals surface area contributed by atoms with Crippen molar-refractivity contribution >= 4 is 34.1 Å². The topological polar surface area (TPSA) is 85.8 Å². The fraction of sp³-hybridized carbons (Fsp3) is 0.440. The summed E-state index contributed by atoms with van der Waals surface area (Å²) in [7, 11) is 1.31. The summed E-state index contributed by atoms with van der Waals surface area (Å²) in [6.45, 7) is 5.85. The quantitative estimate of drug-likeness (QED) is 0.627. The van der Waals surface area contributed by atoms with E-state index >= 15 is 0 Å². The van der Waals surface area contributed by atoms with E-state index in [0.717, 1.165) is 41.7 Å². The zero-order chi connectivity index (χ0) is 23.4. The molecule has 3 aliphatic rings. The van der Waals surface area contributed by atoms with Crippen LogP contribution in [0.3, 0.4) is 0 Å². The van der Waals surface area contributed by atoms with Crippen molar-refractivity contribution in [1.29, 1.82) is 0 Å². The minimum atomic E-state index is -0.644. The molecule has 1 aromatic carbocycles. The lowest BCUT2D eigenvalue weighted by Crippen LogP contribution is -2.41. The molecular formula is C25H26N2O5S. The van der Waals surface area contributed by atoms with Crippen LogP contribution >= 0.6 is 11.3 Å². The lowest BCUT2D eigenvalue weighted by molar-refractivity contribution is -0.132. The number of esters is 1. The monoisotopic (exact) mass is 466 g/mol. The van der Waals surface area contributed by atoms with Crippen LogP contribution in [0.5, 0.6) is 0 Å². The minimum absolute atomic E-state index is 0.00399. The van der Waals surface area contributed by atoms with Crippen LogP contribution in [0, 0.1) is 25.7 Å². The highest BCUT2D eigenvalue weighted by atomic mass is 32.1. The van der Waals surface area contributed by atoms with Gasteiger partial charge in [-0.1, -0.05) is 48.1 Å². The molecule has 172 valence electrons. The van der Waals surface area contributed by atoms with E-state index < -0.39 is 12.0 Å². The Labute approximate surface area is 196 Å². The number of ketones is 1. The van der Waals surface area contributed by atoms with Gasteiger partial charge in [0.25, 0.3) is 5.91 Å². The molecule has 8 heteroatoms. The molecule has 0 N–H and O–H groups in total. The summed E-state index contributed by atoms with van der Waals surface area (Å²) in [5.41, 5.74) is 2.78. The van der Waals surface area contributed by atoms with Crippen LogP contribution < -0.4 is 4.90 Å². The third-order valence-electron chi connectivity index (χ3n) is 6.87. The maximum Gasteiger partial charge on any atom is 0.350 e. The van der Waals surface area contributed by atoms with Crippen LogP contribution in [0.1, 0.15) is 58.7 Å². The average molecular weight is 467 g/mol. The van der Waals surface area contributed by atoms with Crippen LogP contribution in [0.25, 0.3) is 0 Å². The van der Waals surface area contributed by atoms with E-state index in [-0.39, 0.29) is 29.5 Å². The minimum Gasteiger partial charge on any atom is -0.483 e. The molecule has 1 saturated carbocycles. The molecule has 2 aliphatic heterocycles. The van der Waals surface area contributed by atoms with Crippen molar-refractivity contribution in [2.24, 2.45) is 11.8 Å². The second-order valence-corrected chi connectivity index (χ2v) is 10.2. The van der Waals surface area contributed by atoms with Crippen molar-refractivity contribution in [3.8, 4) is 0 Å². The Hall–Kier alpha value is -3.00. The first-order chi connectivity index (χ1) is 15.8. The maximum atomic E-state index is 13.8. The summed E-state index contributed by atoms with van der Waals surface area (Å²) in [5, 5.41) is 0.352. The number of benzene rings is 1. The first-order valence-electron chi connectivity index (χ1n) is 11.2. The largest absolute Gasteiger partial charge is 0.483 e. The van der Waals surface area contributed by atoms with Gasteiger partial charge in [-0.15, -0.1) is 0 Å². The molecule has 0 bridgehead atoms. The predicted molar refractivity (Wildman–Crippen MR) is 123 cm³/mol. The van der Waals surface area contributed by atoms with Crippen molar-refractivity contribution in [3.05, 3.63) is 57.3 Å². The second-order valence-electron chi connectivity index (χ2n) is 9.18. The number of amides is 1. The Bertz CT molecular complexity index is 1180. The highest BCUT2D eigenvalue weighted by Gasteiger charge is 2.53. The van der Waals surface area contributed by atoms with Gasteiger partial charge in [-0.05, 0) is 44.6 Å². The van der Waals surface area contributed by atoms with E-state index in [0.29, 0.717) is 27.2 Å². The lowest BCUT2D eigenvalue weighted by Gasteiger charge is -2.37. The number of methoxy groups -OCH3 is 1. The number of aromatic nitrogens is 1. The Kier molecular flexibility index (Phi) is 5.35. The fourth-order valence-electron chi connectivity index (χ4n) is 5.11. The summed E-state index contributed by atoms with van der Waals surface area (Å²) < 4.78 is 11.1. The molecule has 1 amide bonds. The van der Waals surface area contributed by atoms with Crippen LogP contribution in [-0.2, 0) is 19.1 Å². The van der Waals surface area contributed by atoms with E-state index in [1.165, 1.54) is 12.0 Å². The number of fused-ring (bicyclic) bond motifs is 1. The van der Waals surface area contributed by atoms with Gasteiger partial charge in [-0.3, -0.25) is 14.5 Å². The van der Waals surface area contributed by atoms with Gasteiger partial charge < -0.3 is 9.47 Å². The van der Waals surface area contributed by atoms with Gasteiger partial charge in [0.1, 0.15) is 11.0 Å². The standard InChI is InChI=1S/C25H26N2O5S/c1-12-5-8-15(9-6-12)19-18-20(28)16-11-13(2)7-10-17(16)32-21(18)23(29)27(19)25-26-14(3)22(33-25)24(30)31-4/h5-6,8-9,13,16-17,19H,7,10-11H2,1-4H3. The second kappa shape index (κ2) is 8.09. The lowest BCUT2D eigenvalue weighted by atomic mass is 9.74. The summed E-state index contributed by atoms with van der Waals surface area (Å²) in [5.74, 6) is -0.552. The first kappa shape index (κ1) is 21.8. The molecule has 3 heterocycles. The molecule has 33 heavy (non-hydrogen) atoms. The molecule has 0 spiro atoms. The highest BCUT2D eigenvalue weighted by molar-refractivity contribution is 7.17. The van der Waals surface area contributed by atoms with Gasteiger partial charge in [0.2, 0.25) is 0 Å². The van der Waals surface area contributed by atoms with Gasteiger partial charge in [0.15, 0.2) is 16.7 Å². The molecule has 4 atom stereocenters. The number of Topliss-reactive ketones (excluding diaryl/α,β-unsaturated/α-hetero) is 1. The van der Waals surface area contributed by atoms with E-state index in [1.54, 1.807) is 6.92 Å². The number of carbonyl (C=O) groups is 3. The first-order valence-corrected chi connectivity index (χ1v) is 12.0. The van der Waals surface area contributed by atoms with Gasteiger partial charge in [0, 0.05) is 0 Å². The van der Waals surface area contributed by atoms with Gasteiger partial charge in [0.05, 0.1) is 30.3 Å². The van der Waals surface area contributed by atoms with Crippen LogP contribution in [0.2, 0.25) is 0 Å². The summed E-state index contributed by atoms with van der Waals surface area (Å²) in [6, 6.07) is 7.14. The van der Waals surface area contributed by atoms with Crippen molar-refractivity contribution in [3.63, 3.8) is 0 Å². The number of carbonyl (C=O) groups excluding carboxylic acids is 3. The number of thiazole rings is 1. The Morgan fingerprint density at radius 1 is 1.18 bits per heavy atom. The molecule has 1 fully saturated rings. The number of nitrogens with zero attached hydrogens (tertiary/aromatic N) is 2. The third kappa shape index (κ3) is 3.47. The van der Waals surface area contributed by atoms with E-state index in [1.807, 2.05) is 31.2 Å². The Morgan fingerprint density at radius 3 is 2.61 bits per heavy atom. The van der Waals surface area contributed by atoms with E-state index in [9.17, 15) is 14.4 Å². The predicted octanol–water partition coefficient (Wildman–Crippen LogP) is 4.29. The molecular weight excluding hydrogens is 440 g/mol. The number of rotatable bonds is 3. The molecule has 2 aromatic rings. The molecule has 1 aliphatic carbocycles. The number of hydrogen-bond donors (Lipinski definition) is 0. The number of anilines is 1. The van der Waals surface area contributed by atoms with Crippen molar-refractivity contribution in [2.75, 3.05) is 12.0 Å². The smallest absolute Gasteiger partial charge is 0.350 e. The Morgan fingerprint density at radius 2 is 1.91 bits per heavy atom. The molecule has 5 rings (SSSR count). The number of aryl methyl sites for hydroxylation is 2. The van der Waals surface area contributed by atoms with Gasteiger partial charge in [-0.2, -0.15) is 0 Å². The van der Waals surface area contributed by atoms with Gasteiger partial charge >= 0.3 is 5.97 Å². The summed E-state index contributed by atoms with van der Waals surface area (Å²) >= 11 is 1.09. The van der Waals surface area contributed by atoms with E-state index in [2.05, 4.69) is 11.9 Å². The molecule has 4 unspecified atom stereocenters. The van der Waals surface area contributed by atoms with Crippen LogP contribution in [0.4, 0.5) is 5.13 Å². The number of hydrogen-bond acceptors (Lipinski definition) is 7. The van der Waals surface area contributed by atoms with Crippen LogP contribution in [-0.4, -0.2) is 35.9 Å². The average Bonchev–Trinajstić information content (AvgIpc) is 3.32. The zero-order valence-corrected chi connectivity index (χ0v) is 19.9. The van der Waals surface area contributed by atoms with Crippen molar-refractivity contribution in [1.82, 2.24) is 4.98 Å². The molecule has 0 radical (unpaired) electrons. The maximum absolute atomic E-state index is 13.8. The SMILES string of the molecule is COC(=O)c1sc(N2C(=O)C3=C(C(=O)C4CC(C)CCC4O3)C2c2ccc(C)cc2)nc1C. The van der Waals surface area contributed by atoms with Crippen LogP contribution in [0.15, 0.2) is 35.6 Å². The third-order valence-corrected chi connectivity index (χ3v) is 8.00. The highest BCUT2D eigenvalue weighted by Crippen LogP contribution is 2.49. The fourth-order valence-corrected chi connectivity index (χ4v) is 6.12. The van der Waals surface area contributed by atoms with Crippen molar-refractivity contribution in [2.45, 2.75) is 52.2 Å². The number of ether oxygens (including phenoxy) is 2. The normalized spacial score (nSPS) is 26.7. The van der Waals surface area contributed by atoms with Crippen molar-refractivity contribution < 1.29 is 23.9 Å². The summed E-state index contributed by atoms with van der Waals surface area (Å²) in [6.07, 6.45) is 2.24. The Balaban J connectivity index is 1.63. The molecule has 0 saturated heterocycles. The molecule has 1 aromatic heterocycles. The van der Waals surface area contributed by atoms with E-state index in [4.69, 9.17) is 9.47 Å².